The molecular weight excluding hydrogens is 326 g/mol. The highest BCUT2D eigenvalue weighted by Crippen LogP contribution is 2.45. The lowest BCUT2D eigenvalue weighted by atomic mass is 9.86. The highest BCUT2D eigenvalue weighted by molar-refractivity contribution is 5.86. The van der Waals surface area contributed by atoms with E-state index in [1.165, 1.54) is 18.4 Å². The number of carbonyl (C=O) groups excluding carboxylic acids is 1. The van der Waals surface area contributed by atoms with Gasteiger partial charge in [0, 0.05) is 38.3 Å². The van der Waals surface area contributed by atoms with Crippen molar-refractivity contribution in [3.8, 4) is 6.07 Å². The van der Waals surface area contributed by atoms with E-state index in [9.17, 15) is 10.1 Å². The third-order valence-electron chi connectivity index (χ3n) is 6.92. The number of amides is 1. The zero-order valence-corrected chi connectivity index (χ0v) is 15.2. The van der Waals surface area contributed by atoms with E-state index in [0.29, 0.717) is 11.8 Å². The molecule has 26 heavy (non-hydrogen) atoms. The maximum absolute atomic E-state index is 13.1. The van der Waals surface area contributed by atoms with E-state index in [4.69, 9.17) is 4.98 Å². The van der Waals surface area contributed by atoms with Crippen molar-refractivity contribution in [3.05, 3.63) is 17.5 Å². The Morgan fingerprint density at radius 1 is 1.19 bits per heavy atom. The fourth-order valence-corrected chi connectivity index (χ4v) is 5.45. The third-order valence-corrected chi connectivity index (χ3v) is 6.92. The number of carbonyl (C=O) groups is 1. The van der Waals surface area contributed by atoms with Crippen LogP contribution < -0.4 is 4.90 Å². The van der Waals surface area contributed by atoms with Gasteiger partial charge >= 0.3 is 0 Å². The van der Waals surface area contributed by atoms with Crippen LogP contribution in [0.25, 0.3) is 0 Å². The number of nitrogens with zero attached hydrogens (tertiary/aromatic N) is 5. The molecule has 2 saturated heterocycles. The molecule has 3 heterocycles. The van der Waals surface area contributed by atoms with Gasteiger partial charge in [-0.25, -0.2) is 9.97 Å². The van der Waals surface area contributed by atoms with Gasteiger partial charge in [-0.05, 0) is 43.6 Å². The van der Waals surface area contributed by atoms with Crippen LogP contribution in [0.15, 0.2) is 6.20 Å². The normalized spacial score (nSPS) is 28.9. The topological polar surface area (TPSA) is 73.1 Å². The first-order valence-corrected chi connectivity index (χ1v) is 10.0. The molecule has 0 N–H and O–H groups in total. The molecule has 6 heteroatoms. The average molecular weight is 351 g/mol. The predicted molar refractivity (Wildman–Crippen MR) is 96.5 cm³/mol. The van der Waals surface area contributed by atoms with Gasteiger partial charge in [0.1, 0.15) is 5.41 Å². The second-order valence-electron chi connectivity index (χ2n) is 8.46. The molecule has 2 aliphatic carbocycles. The molecule has 1 saturated carbocycles. The Kier molecular flexibility index (Phi) is 3.66. The predicted octanol–water partition coefficient (Wildman–Crippen LogP) is 2.26. The van der Waals surface area contributed by atoms with Crippen LogP contribution in [0.3, 0.4) is 0 Å². The Bertz CT molecular complexity index is 773. The van der Waals surface area contributed by atoms with Crippen LogP contribution >= 0.6 is 0 Å². The van der Waals surface area contributed by atoms with Crippen LogP contribution in [0.2, 0.25) is 0 Å². The summed E-state index contributed by atoms with van der Waals surface area (Å²) in [5, 5.41) is 9.64. The number of rotatable bonds is 2. The highest BCUT2D eigenvalue weighted by atomic mass is 16.2. The molecule has 0 radical (unpaired) electrons. The maximum atomic E-state index is 13.1. The highest BCUT2D eigenvalue weighted by Gasteiger charge is 2.49. The minimum absolute atomic E-state index is 0.0715. The van der Waals surface area contributed by atoms with Crippen molar-refractivity contribution in [1.82, 2.24) is 14.9 Å². The number of hydrogen-bond acceptors (Lipinski definition) is 5. The first kappa shape index (κ1) is 16.0. The van der Waals surface area contributed by atoms with Crippen molar-refractivity contribution in [2.24, 2.45) is 11.3 Å². The zero-order chi connectivity index (χ0) is 17.7. The number of likely N-dealkylation sites (tertiary alicyclic amines) is 1. The first-order chi connectivity index (χ1) is 12.7. The van der Waals surface area contributed by atoms with Gasteiger partial charge in [0.15, 0.2) is 0 Å². The molecule has 1 aromatic heterocycles. The summed E-state index contributed by atoms with van der Waals surface area (Å²) < 4.78 is 0. The zero-order valence-electron chi connectivity index (χ0n) is 15.2. The molecule has 0 bridgehead atoms. The summed E-state index contributed by atoms with van der Waals surface area (Å²) in [6, 6.07) is 2.36. The summed E-state index contributed by atoms with van der Waals surface area (Å²) in [6.45, 7) is 3.57. The van der Waals surface area contributed by atoms with Crippen LogP contribution in [0.4, 0.5) is 5.95 Å². The number of hydrogen-bond donors (Lipinski definition) is 0. The third kappa shape index (κ3) is 2.33. The Labute approximate surface area is 154 Å². The fourth-order valence-electron chi connectivity index (χ4n) is 5.45. The van der Waals surface area contributed by atoms with Gasteiger partial charge < -0.3 is 9.80 Å². The standard InChI is InChI=1S/C20H25N5O/c21-13-20(5-1-2-6-20)18(26)25-11-15-9-14-10-22-19(24-7-3-4-8-24)23-17(14)16(15)12-25/h10,15-16H,1-9,11-12H2. The lowest BCUT2D eigenvalue weighted by Gasteiger charge is -2.27. The number of aromatic nitrogens is 2. The van der Waals surface area contributed by atoms with Gasteiger partial charge in [0.25, 0.3) is 0 Å². The molecule has 6 nitrogen and oxygen atoms in total. The van der Waals surface area contributed by atoms with E-state index in [-0.39, 0.29) is 5.91 Å². The Morgan fingerprint density at radius 3 is 2.69 bits per heavy atom. The maximum Gasteiger partial charge on any atom is 0.243 e. The summed E-state index contributed by atoms with van der Waals surface area (Å²) in [4.78, 5) is 26.8. The molecule has 1 amide bonds. The first-order valence-electron chi connectivity index (χ1n) is 10.0. The van der Waals surface area contributed by atoms with Gasteiger partial charge in [-0.1, -0.05) is 12.8 Å². The second kappa shape index (κ2) is 5.94. The Balaban J connectivity index is 1.37. The van der Waals surface area contributed by atoms with Crippen molar-refractivity contribution in [1.29, 1.82) is 5.26 Å². The smallest absolute Gasteiger partial charge is 0.243 e. The van der Waals surface area contributed by atoms with Gasteiger partial charge in [0.05, 0.1) is 11.8 Å². The fraction of sp³-hybridized carbons (Fsp3) is 0.700. The summed E-state index contributed by atoms with van der Waals surface area (Å²) >= 11 is 0. The van der Waals surface area contributed by atoms with Gasteiger partial charge in [-0.3, -0.25) is 4.79 Å². The number of nitriles is 1. The van der Waals surface area contributed by atoms with Gasteiger partial charge in [0.2, 0.25) is 11.9 Å². The average Bonchev–Trinajstić information content (AvgIpc) is 3.44. The monoisotopic (exact) mass is 351 g/mol. The SMILES string of the molecule is N#CC1(C(=O)N2CC3Cc4cnc(N5CCCC5)nc4C3C2)CCCC1. The molecule has 3 fully saturated rings. The molecule has 136 valence electrons. The second-order valence-corrected chi connectivity index (χ2v) is 8.46. The minimum Gasteiger partial charge on any atom is -0.341 e. The lowest BCUT2D eigenvalue weighted by molar-refractivity contribution is -0.137. The molecule has 2 atom stereocenters. The largest absolute Gasteiger partial charge is 0.341 e. The van der Waals surface area contributed by atoms with E-state index in [0.717, 1.165) is 69.9 Å². The van der Waals surface area contributed by atoms with E-state index >= 15 is 0 Å². The van der Waals surface area contributed by atoms with E-state index in [2.05, 4.69) is 16.0 Å². The van der Waals surface area contributed by atoms with E-state index in [1.807, 2.05) is 11.1 Å². The molecule has 1 aromatic rings. The Hall–Kier alpha value is -2.16. The van der Waals surface area contributed by atoms with E-state index in [1.54, 1.807) is 0 Å². The summed E-state index contributed by atoms with van der Waals surface area (Å²) in [5.74, 6) is 1.68. The molecule has 2 unspecified atom stereocenters. The molecule has 0 spiro atoms. The van der Waals surface area contributed by atoms with Crippen LogP contribution in [-0.4, -0.2) is 47.0 Å². The summed E-state index contributed by atoms with van der Waals surface area (Å²) in [5.41, 5.74) is 1.65. The van der Waals surface area contributed by atoms with Crippen molar-refractivity contribution in [2.45, 2.75) is 50.9 Å². The summed E-state index contributed by atoms with van der Waals surface area (Å²) in [6.07, 6.45) is 8.84. The van der Waals surface area contributed by atoms with Crippen LogP contribution in [-0.2, 0) is 11.2 Å². The van der Waals surface area contributed by atoms with Crippen LogP contribution in [0, 0.1) is 22.7 Å². The molecular formula is C20H25N5O. The number of anilines is 1. The van der Waals surface area contributed by atoms with Crippen molar-refractivity contribution >= 4 is 11.9 Å². The number of fused-ring (bicyclic) bond motifs is 3. The van der Waals surface area contributed by atoms with Crippen molar-refractivity contribution in [2.75, 3.05) is 31.1 Å². The van der Waals surface area contributed by atoms with Crippen LogP contribution in [0.1, 0.15) is 55.7 Å². The quantitative estimate of drug-likeness (QED) is 0.817. The van der Waals surface area contributed by atoms with E-state index < -0.39 is 5.41 Å². The Morgan fingerprint density at radius 2 is 1.96 bits per heavy atom. The summed E-state index contributed by atoms with van der Waals surface area (Å²) in [7, 11) is 0. The minimum atomic E-state index is -0.756. The van der Waals surface area contributed by atoms with Crippen molar-refractivity contribution < 1.29 is 4.79 Å². The molecule has 0 aromatic carbocycles. The molecule has 5 rings (SSSR count). The van der Waals surface area contributed by atoms with Crippen LogP contribution in [0.5, 0.6) is 0 Å². The van der Waals surface area contributed by atoms with Gasteiger partial charge in [-0.2, -0.15) is 5.26 Å². The molecule has 4 aliphatic rings. The lowest BCUT2D eigenvalue weighted by Crippen LogP contribution is -2.41. The van der Waals surface area contributed by atoms with Crippen molar-refractivity contribution in [3.63, 3.8) is 0 Å². The van der Waals surface area contributed by atoms with Gasteiger partial charge in [-0.15, -0.1) is 0 Å². The molecule has 2 aliphatic heterocycles.